The van der Waals surface area contributed by atoms with Gasteiger partial charge in [0.1, 0.15) is 11.6 Å². The van der Waals surface area contributed by atoms with Crippen LogP contribution in [0.15, 0.2) is 36.5 Å². The van der Waals surface area contributed by atoms with Crippen LogP contribution in [0.3, 0.4) is 0 Å². The number of benzene rings is 1. The van der Waals surface area contributed by atoms with Gasteiger partial charge in [-0.15, -0.1) is 0 Å². The van der Waals surface area contributed by atoms with Gasteiger partial charge in [0.25, 0.3) is 0 Å². The Morgan fingerprint density at radius 3 is 2.47 bits per heavy atom. The monoisotopic (exact) mass is 236 g/mol. The summed E-state index contributed by atoms with van der Waals surface area (Å²) in [5.41, 5.74) is 7.17. The maximum atomic E-state index is 13.0. The van der Waals surface area contributed by atoms with Crippen molar-refractivity contribution in [3.8, 4) is 0 Å². The van der Waals surface area contributed by atoms with Gasteiger partial charge >= 0.3 is 0 Å². The van der Waals surface area contributed by atoms with Crippen LogP contribution in [-0.2, 0) is 13.0 Å². The Kier molecular flexibility index (Phi) is 3.54. The molecule has 4 heteroatoms. The summed E-state index contributed by atoms with van der Waals surface area (Å²) in [4.78, 5) is 0. The minimum absolute atomic E-state index is 0.455. The number of nitrogens with zero attached hydrogens (tertiary/aromatic N) is 1. The number of halogens is 2. The van der Waals surface area contributed by atoms with E-state index in [0.29, 0.717) is 18.7 Å². The second kappa shape index (κ2) is 5.10. The summed E-state index contributed by atoms with van der Waals surface area (Å²) in [5, 5.41) is 0. The first-order chi connectivity index (χ1) is 8.19. The zero-order valence-electron chi connectivity index (χ0n) is 9.37. The van der Waals surface area contributed by atoms with Gasteiger partial charge in [-0.25, -0.2) is 8.78 Å². The van der Waals surface area contributed by atoms with Crippen LogP contribution < -0.4 is 5.73 Å². The predicted molar refractivity (Wildman–Crippen MR) is 62.7 cm³/mol. The lowest BCUT2D eigenvalue weighted by Gasteiger charge is -2.09. The van der Waals surface area contributed by atoms with Crippen molar-refractivity contribution in [1.29, 1.82) is 0 Å². The first-order valence-corrected chi connectivity index (χ1v) is 5.48. The van der Waals surface area contributed by atoms with Gasteiger partial charge in [-0.2, -0.15) is 0 Å². The molecule has 0 aliphatic heterocycles. The quantitative estimate of drug-likeness (QED) is 0.867. The lowest BCUT2D eigenvalue weighted by molar-refractivity contribution is 0.577. The van der Waals surface area contributed by atoms with Gasteiger partial charge in [0.15, 0.2) is 0 Å². The topological polar surface area (TPSA) is 30.9 Å². The van der Waals surface area contributed by atoms with E-state index in [1.165, 1.54) is 12.1 Å². The number of hydrogen-bond donors (Lipinski definition) is 1. The fraction of sp³-hybridized carbons (Fsp3) is 0.231. The molecule has 2 nitrogen and oxygen atoms in total. The summed E-state index contributed by atoms with van der Waals surface area (Å²) in [5.74, 6) is -1.10. The lowest BCUT2D eigenvalue weighted by atomic mass is 10.2. The Hall–Kier alpha value is -1.68. The van der Waals surface area contributed by atoms with Crippen LogP contribution >= 0.6 is 0 Å². The minimum atomic E-state index is -0.549. The van der Waals surface area contributed by atoms with E-state index in [0.717, 1.165) is 18.2 Å². The van der Waals surface area contributed by atoms with Crippen LogP contribution in [0.5, 0.6) is 0 Å². The highest BCUT2D eigenvalue weighted by Crippen LogP contribution is 2.12. The lowest BCUT2D eigenvalue weighted by Crippen LogP contribution is -2.09. The van der Waals surface area contributed by atoms with Crippen LogP contribution in [-0.4, -0.2) is 11.1 Å². The molecule has 0 fully saturated rings. The van der Waals surface area contributed by atoms with Gasteiger partial charge in [0, 0.05) is 24.5 Å². The van der Waals surface area contributed by atoms with Crippen molar-refractivity contribution in [2.45, 2.75) is 13.0 Å². The van der Waals surface area contributed by atoms with Gasteiger partial charge in [0.2, 0.25) is 0 Å². The number of aromatic nitrogens is 1. The maximum Gasteiger partial charge on any atom is 0.126 e. The van der Waals surface area contributed by atoms with Gasteiger partial charge in [0.05, 0.1) is 0 Å². The van der Waals surface area contributed by atoms with Crippen molar-refractivity contribution in [3.05, 3.63) is 59.4 Å². The Morgan fingerprint density at radius 2 is 1.82 bits per heavy atom. The molecular formula is C13H14F2N2. The molecule has 1 aromatic carbocycles. The zero-order valence-corrected chi connectivity index (χ0v) is 9.37. The molecule has 2 aromatic rings. The SMILES string of the molecule is NCCc1cccn1Cc1cc(F)cc(F)c1. The van der Waals surface area contributed by atoms with Crippen LogP contribution in [0.4, 0.5) is 8.78 Å². The van der Waals surface area contributed by atoms with E-state index in [2.05, 4.69) is 0 Å². The Morgan fingerprint density at radius 1 is 1.12 bits per heavy atom. The summed E-state index contributed by atoms with van der Waals surface area (Å²) in [7, 11) is 0. The Balaban J connectivity index is 2.22. The third kappa shape index (κ3) is 2.91. The smallest absolute Gasteiger partial charge is 0.126 e. The highest BCUT2D eigenvalue weighted by Gasteiger charge is 2.04. The second-order valence-corrected chi connectivity index (χ2v) is 3.94. The average Bonchev–Trinajstić information content (AvgIpc) is 2.65. The fourth-order valence-corrected chi connectivity index (χ4v) is 1.88. The third-order valence-electron chi connectivity index (χ3n) is 2.60. The van der Waals surface area contributed by atoms with Gasteiger partial charge < -0.3 is 10.3 Å². The highest BCUT2D eigenvalue weighted by molar-refractivity contribution is 5.20. The molecule has 0 saturated carbocycles. The van der Waals surface area contributed by atoms with Gasteiger partial charge in [-0.05, 0) is 42.8 Å². The molecule has 0 radical (unpaired) electrons. The first-order valence-electron chi connectivity index (χ1n) is 5.48. The number of nitrogens with two attached hydrogens (primary N) is 1. The minimum Gasteiger partial charge on any atom is -0.347 e. The summed E-state index contributed by atoms with van der Waals surface area (Å²) < 4.78 is 28.0. The molecule has 0 unspecified atom stereocenters. The van der Waals surface area contributed by atoms with Crippen LogP contribution in [0.25, 0.3) is 0 Å². The molecule has 0 aliphatic rings. The Labute approximate surface area is 98.7 Å². The predicted octanol–water partition coefficient (Wildman–Crippen LogP) is 2.32. The standard InChI is InChI=1S/C13H14F2N2/c14-11-6-10(7-12(15)8-11)9-17-5-1-2-13(17)3-4-16/h1-2,5-8H,3-4,9,16H2. The van der Waals surface area contributed by atoms with E-state index in [1.54, 1.807) is 0 Å². The van der Waals surface area contributed by atoms with E-state index >= 15 is 0 Å². The molecule has 2 N–H and O–H groups in total. The molecule has 0 amide bonds. The number of hydrogen-bond acceptors (Lipinski definition) is 1. The zero-order chi connectivity index (χ0) is 12.3. The maximum absolute atomic E-state index is 13.0. The molecule has 1 heterocycles. The number of rotatable bonds is 4. The second-order valence-electron chi connectivity index (χ2n) is 3.94. The van der Waals surface area contributed by atoms with Crippen LogP contribution in [0.2, 0.25) is 0 Å². The molecular weight excluding hydrogens is 222 g/mol. The molecule has 90 valence electrons. The largest absolute Gasteiger partial charge is 0.347 e. The van der Waals surface area contributed by atoms with Crippen molar-refractivity contribution in [2.24, 2.45) is 5.73 Å². The van der Waals surface area contributed by atoms with E-state index in [-0.39, 0.29) is 0 Å². The van der Waals surface area contributed by atoms with E-state index in [1.807, 2.05) is 22.9 Å². The first kappa shape index (κ1) is 11.8. The molecule has 0 bridgehead atoms. The van der Waals surface area contributed by atoms with Crippen molar-refractivity contribution < 1.29 is 8.78 Å². The molecule has 0 spiro atoms. The van der Waals surface area contributed by atoms with Crippen molar-refractivity contribution >= 4 is 0 Å². The fourth-order valence-electron chi connectivity index (χ4n) is 1.88. The Bertz CT molecular complexity index is 486. The molecule has 2 rings (SSSR count). The normalized spacial score (nSPS) is 10.8. The highest BCUT2D eigenvalue weighted by atomic mass is 19.1. The van der Waals surface area contributed by atoms with Crippen molar-refractivity contribution in [3.63, 3.8) is 0 Å². The van der Waals surface area contributed by atoms with Crippen LogP contribution in [0.1, 0.15) is 11.3 Å². The summed E-state index contributed by atoms with van der Waals surface area (Å²) in [6.45, 7) is 1.01. The summed E-state index contributed by atoms with van der Waals surface area (Å²) >= 11 is 0. The molecule has 0 aliphatic carbocycles. The van der Waals surface area contributed by atoms with E-state index in [9.17, 15) is 8.78 Å². The van der Waals surface area contributed by atoms with E-state index in [4.69, 9.17) is 5.73 Å². The average molecular weight is 236 g/mol. The molecule has 1 aromatic heterocycles. The molecule has 0 atom stereocenters. The molecule has 0 saturated heterocycles. The summed E-state index contributed by atoms with van der Waals surface area (Å²) in [6.07, 6.45) is 2.64. The summed E-state index contributed by atoms with van der Waals surface area (Å²) in [6, 6.07) is 7.42. The van der Waals surface area contributed by atoms with Crippen molar-refractivity contribution in [1.82, 2.24) is 4.57 Å². The van der Waals surface area contributed by atoms with E-state index < -0.39 is 11.6 Å². The van der Waals surface area contributed by atoms with Crippen LogP contribution in [0, 0.1) is 11.6 Å². The van der Waals surface area contributed by atoms with Gasteiger partial charge in [-0.1, -0.05) is 0 Å². The van der Waals surface area contributed by atoms with Gasteiger partial charge in [-0.3, -0.25) is 0 Å². The molecule has 17 heavy (non-hydrogen) atoms. The third-order valence-corrected chi connectivity index (χ3v) is 2.60. The van der Waals surface area contributed by atoms with Crippen molar-refractivity contribution in [2.75, 3.05) is 6.54 Å².